The molecule has 2 rings (SSSR count). The molecule has 1 atom stereocenters. The molecular formula is C17H25F2N. The summed E-state index contributed by atoms with van der Waals surface area (Å²) in [6, 6.07) is 4.64. The highest BCUT2D eigenvalue weighted by Crippen LogP contribution is 2.44. The summed E-state index contributed by atoms with van der Waals surface area (Å²) in [5, 5.41) is 3.58. The first-order valence-corrected chi connectivity index (χ1v) is 7.78. The zero-order valence-electron chi connectivity index (χ0n) is 12.5. The molecule has 3 heteroatoms. The van der Waals surface area contributed by atoms with Crippen LogP contribution in [0.15, 0.2) is 18.2 Å². The topological polar surface area (TPSA) is 12.0 Å². The summed E-state index contributed by atoms with van der Waals surface area (Å²) < 4.78 is 26.4. The fourth-order valence-electron chi connectivity index (χ4n) is 3.68. The maximum Gasteiger partial charge on any atom is 0.159 e. The molecule has 112 valence electrons. The first kappa shape index (κ1) is 15.4. The lowest BCUT2D eigenvalue weighted by molar-refractivity contribution is 0.186. The monoisotopic (exact) mass is 281 g/mol. The van der Waals surface area contributed by atoms with E-state index in [0.717, 1.165) is 24.9 Å². The smallest absolute Gasteiger partial charge is 0.159 e. The van der Waals surface area contributed by atoms with Crippen molar-refractivity contribution in [3.63, 3.8) is 0 Å². The van der Waals surface area contributed by atoms with Gasteiger partial charge in [0.05, 0.1) is 0 Å². The average molecular weight is 281 g/mol. The zero-order valence-corrected chi connectivity index (χ0v) is 12.5. The van der Waals surface area contributed by atoms with E-state index in [1.54, 1.807) is 6.07 Å². The predicted octanol–water partition coefficient (Wildman–Crippen LogP) is 4.46. The van der Waals surface area contributed by atoms with Crippen molar-refractivity contribution in [3.8, 4) is 0 Å². The highest BCUT2D eigenvalue weighted by Gasteiger charge is 2.39. The number of hydrogen-bond donors (Lipinski definition) is 1. The quantitative estimate of drug-likeness (QED) is 0.812. The molecule has 0 bridgehead atoms. The number of rotatable bonds is 6. The molecule has 20 heavy (non-hydrogen) atoms. The van der Waals surface area contributed by atoms with E-state index in [2.05, 4.69) is 19.2 Å². The van der Waals surface area contributed by atoms with Crippen molar-refractivity contribution in [1.82, 2.24) is 5.32 Å². The van der Waals surface area contributed by atoms with E-state index in [0.29, 0.717) is 11.5 Å². The Balaban J connectivity index is 2.18. The van der Waals surface area contributed by atoms with Crippen molar-refractivity contribution in [2.24, 2.45) is 5.41 Å². The van der Waals surface area contributed by atoms with Crippen LogP contribution in [0.5, 0.6) is 0 Å². The third kappa shape index (κ3) is 3.20. The number of nitrogens with one attached hydrogen (secondary N) is 1. The van der Waals surface area contributed by atoms with Crippen LogP contribution in [0, 0.1) is 17.0 Å². The van der Waals surface area contributed by atoms with Gasteiger partial charge in [0.15, 0.2) is 11.6 Å². The van der Waals surface area contributed by atoms with Crippen molar-refractivity contribution in [2.45, 2.75) is 58.4 Å². The first-order valence-electron chi connectivity index (χ1n) is 7.78. The van der Waals surface area contributed by atoms with Crippen LogP contribution in [-0.4, -0.2) is 12.6 Å². The van der Waals surface area contributed by atoms with Crippen LogP contribution in [0.2, 0.25) is 0 Å². The molecule has 0 heterocycles. The fourth-order valence-corrected chi connectivity index (χ4v) is 3.68. The van der Waals surface area contributed by atoms with Crippen LogP contribution >= 0.6 is 0 Å². The van der Waals surface area contributed by atoms with Gasteiger partial charge in [0.25, 0.3) is 0 Å². The average Bonchev–Trinajstić information content (AvgIpc) is 2.92. The van der Waals surface area contributed by atoms with Gasteiger partial charge in [0.2, 0.25) is 0 Å². The predicted molar refractivity (Wildman–Crippen MR) is 78.7 cm³/mol. The van der Waals surface area contributed by atoms with Gasteiger partial charge in [-0.15, -0.1) is 0 Å². The molecule has 1 saturated carbocycles. The summed E-state index contributed by atoms with van der Waals surface area (Å²) in [5.74, 6) is -1.51. The van der Waals surface area contributed by atoms with Gasteiger partial charge in [0, 0.05) is 6.04 Å². The van der Waals surface area contributed by atoms with E-state index in [1.807, 2.05) is 0 Å². The summed E-state index contributed by atoms with van der Waals surface area (Å²) in [5.41, 5.74) is 1.20. The van der Waals surface area contributed by atoms with E-state index in [1.165, 1.54) is 37.8 Å². The Hall–Kier alpha value is -0.960. The zero-order chi connectivity index (χ0) is 14.6. The molecule has 0 amide bonds. The lowest BCUT2D eigenvalue weighted by Gasteiger charge is -2.38. The molecule has 1 aromatic rings. The second-order valence-electron chi connectivity index (χ2n) is 5.99. The summed E-state index contributed by atoms with van der Waals surface area (Å²) in [4.78, 5) is 0. The van der Waals surface area contributed by atoms with Crippen molar-refractivity contribution >= 4 is 0 Å². The molecule has 0 aromatic heterocycles. The van der Waals surface area contributed by atoms with Crippen LogP contribution in [0.25, 0.3) is 0 Å². The van der Waals surface area contributed by atoms with Gasteiger partial charge in [-0.25, -0.2) is 8.78 Å². The maximum atomic E-state index is 13.4. The maximum absolute atomic E-state index is 13.4. The fraction of sp³-hybridized carbons (Fsp3) is 0.647. The minimum absolute atomic E-state index is 0.320. The van der Waals surface area contributed by atoms with Crippen LogP contribution < -0.4 is 5.32 Å². The Morgan fingerprint density at radius 2 is 1.85 bits per heavy atom. The molecule has 1 nitrogen and oxygen atoms in total. The highest BCUT2D eigenvalue weighted by molar-refractivity contribution is 5.20. The van der Waals surface area contributed by atoms with Gasteiger partial charge in [-0.3, -0.25) is 0 Å². The van der Waals surface area contributed by atoms with Gasteiger partial charge in [-0.05, 0) is 55.3 Å². The lowest BCUT2D eigenvalue weighted by Crippen LogP contribution is -2.45. The molecule has 1 fully saturated rings. The Kier molecular flexibility index (Phi) is 5.14. The molecular weight excluding hydrogens is 256 g/mol. The summed E-state index contributed by atoms with van der Waals surface area (Å²) >= 11 is 0. The van der Waals surface area contributed by atoms with Gasteiger partial charge < -0.3 is 5.32 Å². The van der Waals surface area contributed by atoms with Crippen molar-refractivity contribution in [2.75, 3.05) is 6.54 Å². The third-order valence-corrected chi connectivity index (χ3v) is 4.92. The van der Waals surface area contributed by atoms with Crippen molar-refractivity contribution < 1.29 is 8.78 Å². The second-order valence-corrected chi connectivity index (χ2v) is 5.99. The molecule has 1 aliphatic rings. The molecule has 0 spiro atoms. The summed E-state index contributed by atoms with van der Waals surface area (Å²) in [6.45, 7) is 5.27. The van der Waals surface area contributed by atoms with E-state index in [4.69, 9.17) is 0 Å². The van der Waals surface area contributed by atoms with Crippen molar-refractivity contribution in [3.05, 3.63) is 35.4 Å². The van der Waals surface area contributed by atoms with E-state index in [-0.39, 0.29) is 0 Å². The van der Waals surface area contributed by atoms with Gasteiger partial charge in [-0.1, -0.05) is 32.8 Å². The lowest BCUT2D eigenvalue weighted by atomic mass is 9.74. The van der Waals surface area contributed by atoms with Crippen LogP contribution in [0.4, 0.5) is 8.78 Å². The molecule has 1 unspecified atom stereocenters. The summed E-state index contributed by atoms with van der Waals surface area (Å²) in [7, 11) is 0. The molecule has 1 aromatic carbocycles. The van der Waals surface area contributed by atoms with Gasteiger partial charge >= 0.3 is 0 Å². The Morgan fingerprint density at radius 3 is 2.40 bits per heavy atom. The Labute approximate surface area is 120 Å². The summed E-state index contributed by atoms with van der Waals surface area (Å²) in [6.07, 6.45) is 6.98. The minimum atomic E-state index is -0.764. The molecule has 0 saturated heterocycles. The molecule has 1 N–H and O–H groups in total. The Bertz CT molecular complexity index is 439. The number of likely N-dealkylation sites (N-methyl/N-ethyl adjacent to an activating group) is 1. The molecule has 0 aliphatic heterocycles. The SMILES string of the molecule is CCNC(Cc1ccc(F)c(F)c1)C1(CC)CCCC1. The molecule has 1 aliphatic carbocycles. The standard InChI is InChI=1S/C17H25F2N/c1-3-17(9-5-6-10-17)16(20-4-2)12-13-7-8-14(18)15(19)11-13/h7-8,11,16,20H,3-6,9-10,12H2,1-2H3. The minimum Gasteiger partial charge on any atom is -0.313 e. The van der Waals surface area contributed by atoms with Gasteiger partial charge in [-0.2, -0.15) is 0 Å². The van der Waals surface area contributed by atoms with Gasteiger partial charge in [0.1, 0.15) is 0 Å². The van der Waals surface area contributed by atoms with Crippen LogP contribution in [-0.2, 0) is 6.42 Å². The number of hydrogen-bond acceptors (Lipinski definition) is 1. The van der Waals surface area contributed by atoms with E-state index < -0.39 is 11.6 Å². The number of benzene rings is 1. The van der Waals surface area contributed by atoms with Crippen LogP contribution in [0.1, 0.15) is 51.5 Å². The van der Waals surface area contributed by atoms with E-state index in [9.17, 15) is 8.78 Å². The van der Waals surface area contributed by atoms with E-state index >= 15 is 0 Å². The Morgan fingerprint density at radius 1 is 1.15 bits per heavy atom. The first-order chi connectivity index (χ1) is 9.61. The van der Waals surface area contributed by atoms with Crippen molar-refractivity contribution in [1.29, 1.82) is 0 Å². The second kappa shape index (κ2) is 6.66. The number of halogens is 2. The normalized spacial score (nSPS) is 19.2. The van der Waals surface area contributed by atoms with Crippen LogP contribution in [0.3, 0.4) is 0 Å². The third-order valence-electron chi connectivity index (χ3n) is 4.92. The molecule has 0 radical (unpaired) electrons. The largest absolute Gasteiger partial charge is 0.313 e. The highest BCUT2D eigenvalue weighted by atomic mass is 19.2.